The molecule has 0 aromatic carbocycles. The fourth-order valence-electron chi connectivity index (χ4n) is 3.47. The van der Waals surface area contributed by atoms with Crippen molar-refractivity contribution in [2.24, 2.45) is 5.92 Å². The SMILES string of the molecule is O=C(CNC1CCOC1C1CC1)NC1CCCCC1. The van der Waals surface area contributed by atoms with Crippen molar-refractivity contribution in [3.05, 3.63) is 0 Å². The van der Waals surface area contributed by atoms with E-state index in [0.29, 0.717) is 24.7 Å². The predicted octanol–water partition coefficient (Wildman–Crippen LogP) is 1.59. The molecule has 2 N–H and O–H groups in total. The standard InChI is InChI=1S/C15H26N2O2/c18-14(17-12-4-2-1-3-5-12)10-16-13-8-9-19-15(13)11-6-7-11/h11-13,15-16H,1-10H2,(H,17,18). The lowest BCUT2D eigenvalue weighted by atomic mass is 9.95. The summed E-state index contributed by atoms with van der Waals surface area (Å²) < 4.78 is 5.78. The van der Waals surface area contributed by atoms with E-state index in [1.54, 1.807) is 0 Å². The molecule has 4 heteroatoms. The fraction of sp³-hybridized carbons (Fsp3) is 0.933. The zero-order valence-corrected chi connectivity index (χ0v) is 11.7. The van der Waals surface area contributed by atoms with Crippen LogP contribution < -0.4 is 10.6 Å². The highest BCUT2D eigenvalue weighted by Crippen LogP contribution is 2.38. The molecule has 0 aromatic rings. The number of nitrogens with one attached hydrogen (secondary N) is 2. The zero-order chi connectivity index (χ0) is 13.1. The molecule has 0 radical (unpaired) electrons. The van der Waals surface area contributed by atoms with Crippen LogP contribution in [0.4, 0.5) is 0 Å². The third-order valence-electron chi connectivity index (χ3n) is 4.72. The van der Waals surface area contributed by atoms with Gasteiger partial charge in [0.25, 0.3) is 0 Å². The van der Waals surface area contributed by atoms with Crippen molar-refractivity contribution in [2.45, 2.75) is 69.6 Å². The molecule has 1 heterocycles. The van der Waals surface area contributed by atoms with Crippen LogP contribution >= 0.6 is 0 Å². The number of hydrogen-bond acceptors (Lipinski definition) is 3. The molecule has 2 unspecified atom stereocenters. The molecule has 2 saturated carbocycles. The second kappa shape index (κ2) is 6.23. The maximum Gasteiger partial charge on any atom is 0.234 e. The molecular weight excluding hydrogens is 240 g/mol. The molecule has 3 aliphatic rings. The van der Waals surface area contributed by atoms with Gasteiger partial charge in [0.1, 0.15) is 0 Å². The summed E-state index contributed by atoms with van der Waals surface area (Å²) in [6.07, 6.45) is 10.2. The van der Waals surface area contributed by atoms with Gasteiger partial charge in [0, 0.05) is 18.7 Å². The summed E-state index contributed by atoms with van der Waals surface area (Å²) in [5, 5.41) is 6.57. The maximum absolute atomic E-state index is 11.9. The van der Waals surface area contributed by atoms with E-state index in [1.807, 2.05) is 0 Å². The van der Waals surface area contributed by atoms with E-state index in [0.717, 1.165) is 31.8 Å². The molecule has 19 heavy (non-hydrogen) atoms. The van der Waals surface area contributed by atoms with Crippen LogP contribution in [-0.2, 0) is 9.53 Å². The number of rotatable bonds is 5. The third-order valence-corrected chi connectivity index (χ3v) is 4.72. The number of hydrogen-bond donors (Lipinski definition) is 2. The molecular formula is C15H26N2O2. The first-order chi connectivity index (χ1) is 9.33. The van der Waals surface area contributed by atoms with Gasteiger partial charge < -0.3 is 15.4 Å². The Balaban J connectivity index is 1.37. The first-order valence-electron chi connectivity index (χ1n) is 7.97. The molecule has 2 atom stereocenters. The van der Waals surface area contributed by atoms with E-state index in [2.05, 4.69) is 10.6 Å². The van der Waals surface area contributed by atoms with Crippen LogP contribution in [0.15, 0.2) is 0 Å². The van der Waals surface area contributed by atoms with Crippen LogP contribution in [0.25, 0.3) is 0 Å². The van der Waals surface area contributed by atoms with E-state index in [1.165, 1.54) is 32.1 Å². The summed E-state index contributed by atoms with van der Waals surface area (Å²) in [6.45, 7) is 1.30. The minimum Gasteiger partial charge on any atom is -0.376 e. The van der Waals surface area contributed by atoms with Gasteiger partial charge in [0.05, 0.1) is 12.6 Å². The van der Waals surface area contributed by atoms with Gasteiger partial charge >= 0.3 is 0 Å². The van der Waals surface area contributed by atoms with Crippen LogP contribution in [0.1, 0.15) is 51.4 Å². The van der Waals surface area contributed by atoms with Gasteiger partial charge in [-0.1, -0.05) is 19.3 Å². The van der Waals surface area contributed by atoms with Gasteiger partial charge in [-0.3, -0.25) is 4.79 Å². The Labute approximate surface area is 115 Å². The summed E-state index contributed by atoms with van der Waals surface area (Å²) in [6, 6.07) is 0.812. The number of carbonyl (C=O) groups excluding carboxylic acids is 1. The first-order valence-corrected chi connectivity index (χ1v) is 7.97. The Hall–Kier alpha value is -0.610. The number of carbonyl (C=O) groups is 1. The molecule has 108 valence electrons. The van der Waals surface area contributed by atoms with E-state index < -0.39 is 0 Å². The average molecular weight is 266 g/mol. The topological polar surface area (TPSA) is 50.4 Å². The lowest BCUT2D eigenvalue weighted by Crippen LogP contribution is -2.46. The normalized spacial score (nSPS) is 32.4. The maximum atomic E-state index is 11.9. The van der Waals surface area contributed by atoms with Crippen LogP contribution in [0.2, 0.25) is 0 Å². The predicted molar refractivity (Wildman–Crippen MR) is 73.9 cm³/mol. The smallest absolute Gasteiger partial charge is 0.234 e. The molecule has 3 rings (SSSR count). The quantitative estimate of drug-likeness (QED) is 0.794. The minimum absolute atomic E-state index is 0.161. The highest BCUT2D eigenvalue weighted by atomic mass is 16.5. The Morgan fingerprint density at radius 1 is 1.05 bits per heavy atom. The van der Waals surface area contributed by atoms with Crippen LogP contribution in [0.3, 0.4) is 0 Å². The third kappa shape index (κ3) is 3.69. The second-order valence-corrected chi connectivity index (χ2v) is 6.35. The molecule has 0 bridgehead atoms. The van der Waals surface area contributed by atoms with Crippen molar-refractivity contribution < 1.29 is 9.53 Å². The molecule has 1 saturated heterocycles. The van der Waals surface area contributed by atoms with Crippen LogP contribution in [0, 0.1) is 5.92 Å². The summed E-state index contributed by atoms with van der Waals surface area (Å²) in [5.74, 6) is 0.912. The fourth-order valence-corrected chi connectivity index (χ4v) is 3.47. The van der Waals surface area contributed by atoms with Crippen molar-refractivity contribution in [1.82, 2.24) is 10.6 Å². The Bertz CT molecular complexity index is 311. The molecule has 0 aromatic heterocycles. The van der Waals surface area contributed by atoms with Crippen LogP contribution in [0.5, 0.6) is 0 Å². The molecule has 1 amide bonds. The molecule has 2 aliphatic carbocycles. The van der Waals surface area contributed by atoms with Gasteiger partial charge in [-0.2, -0.15) is 0 Å². The summed E-state index contributed by atoms with van der Waals surface area (Å²) in [4.78, 5) is 11.9. The van der Waals surface area contributed by atoms with Gasteiger partial charge in [-0.15, -0.1) is 0 Å². The van der Waals surface area contributed by atoms with Crippen molar-refractivity contribution in [3.63, 3.8) is 0 Å². The Kier molecular flexibility index (Phi) is 4.38. The molecule has 3 fully saturated rings. The Morgan fingerprint density at radius 3 is 2.58 bits per heavy atom. The zero-order valence-electron chi connectivity index (χ0n) is 11.7. The Morgan fingerprint density at radius 2 is 1.84 bits per heavy atom. The van der Waals surface area contributed by atoms with Gasteiger partial charge in [0.2, 0.25) is 5.91 Å². The van der Waals surface area contributed by atoms with Crippen molar-refractivity contribution in [3.8, 4) is 0 Å². The monoisotopic (exact) mass is 266 g/mol. The van der Waals surface area contributed by atoms with E-state index in [9.17, 15) is 4.79 Å². The largest absolute Gasteiger partial charge is 0.376 e. The molecule has 1 aliphatic heterocycles. The molecule has 4 nitrogen and oxygen atoms in total. The summed E-state index contributed by atoms with van der Waals surface area (Å²) >= 11 is 0. The van der Waals surface area contributed by atoms with Gasteiger partial charge in [0.15, 0.2) is 0 Å². The van der Waals surface area contributed by atoms with Gasteiger partial charge in [-0.25, -0.2) is 0 Å². The summed E-state index contributed by atoms with van der Waals surface area (Å²) in [7, 11) is 0. The van der Waals surface area contributed by atoms with Crippen molar-refractivity contribution in [2.75, 3.05) is 13.2 Å². The lowest BCUT2D eigenvalue weighted by molar-refractivity contribution is -0.121. The highest BCUT2D eigenvalue weighted by Gasteiger charge is 2.40. The second-order valence-electron chi connectivity index (χ2n) is 6.35. The lowest BCUT2D eigenvalue weighted by Gasteiger charge is -2.24. The molecule has 0 spiro atoms. The first kappa shape index (κ1) is 13.4. The number of amides is 1. The van der Waals surface area contributed by atoms with Crippen molar-refractivity contribution in [1.29, 1.82) is 0 Å². The van der Waals surface area contributed by atoms with E-state index >= 15 is 0 Å². The van der Waals surface area contributed by atoms with E-state index in [-0.39, 0.29) is 5.91 Å². The average Bonchev–Trinajstić information content (AvgIpc) is 3.16. The summed E-state index contributed by atoms with van der Waals surface area (Å²) in [5.41, 5.74) is 0. The van der Waals surface area contributed by atoms with Gasteiger partial charge in [-0.05, 0) is 38.0 Å². The van der Waals surface area contributed by atoms with E-state index in [4.69, 9.17) is 4.74 Å². The minimum atomic E-state index is 0.161. The highest BCUT2D eigenvalue weighted by molar-refractivity contribution is 5.78. The number of ether oxygens (including phenoxy) is 1. The van der Waals surface area contributed by atoms with Crippen molar-refractivity contribution >= 4 is 5.91 Å². The van der Waals surface area contributed by atoms with Crippen LogP contribution in [-0.4, -0.2) is 37.2 Å².